The number of anilines is 2. The Morgan fingerprint density at radius 3 is 2.59 bits per heavy atom. The molecule has 0 radical (unpaired) electrons. The minimum atomic E-state index is -3.40. The van der Waals surface area contributed by atoms with Gasteiger partial charge in [-0.05, 0) is 48.4 Å². The highest BCUT2D eigenvalue weighted by Crippen LogP contribution is 2.29. The summed E-state index contributed by atoms with van der Waals surface area (Å²) in [7, 11) is -1.93. The van der Waals surface area contributed by atoms with Gasteiger partial charge in [-0.15, -0.1) is 0 Å². The van der Waals surface area contributed by atoms with Gasteiger partial charge in [0.25, 0.3) is 0 Å². The first kappa shape index (κ1) is 17.7. The molecule has 0 unspecified atom stereocenters. The predicted molar refractivity (Wildman–Crippen MR) is 110 cm³/mol. The van der Waals surface area contributed by atoms with Crippen molar-refractivity contribution in [1.82, 2.24) is 4.98 Å². The van der Waals surface area contributed by atoms with Crippen molar-refractivity contribution in [3.63, 3.8) is 0 Å². The zero-order valence-electron chi connectivity index (χ0n) is 15.3. The highest BCUT2D eigenvalue weighted by atomic mass is 32.2. The lowest BCUT2D eigenvalue weighted by atomic mass is 10.1. The minimum Gasteiger partial charge on any atom is -0.384 e. The molecule has 1 aliphatic rings. The summed E-state index contributed by atoms with van der Waals surface area (Å²) in [6.45, 7) is 0.893. The number of benzene rings is 1. The fourth-order valence-corrected chi connectivity index (χ4v) is 3.55. The van der Waals surface area contributed by atoms with Crippen LogP contribution in [0.2, 0.25) is 0 Å². The van der Waals surface area contributed by atoms with Gasteiger partial charge in [-0.1, -0.05) is 12.1 Å². The molecule has 0 atom stereocenters. The maximum Gasteiger partial charge on any atom is 0.231 e. The van der Waals surface area contributed by atoms with Gasteiger partial charge in [-0.3, -0.25) is 14.1 Å². The molecule has 7 heteroatoms. The van der Waals surface area contributed by atoms with Crippen molar-refractivity contribution in [2.45, 2.75) is 12.8 Å². The van der Waals surface area contributed by atoms with Crippen LogP contribution in [0, 0.1) is 5.92 Å². The van der Waals surface area contributed by atoms with Gasteiger partial charge in [0, 0.05) is 19.0 Å². The van der Waals surface area contributed by atoms with Crippen LogP contribution in [0.5, 0.6) is 0 Å². The van der Waals surface area contributed by atoms with Gasteiger partial charge < -0.3 is 5.32 Å². The van der Waals surface area contributed by atoms with E-state index in [1.54, 1.807) is 24.4 Å². The van der Waals surface area contributed by atoms with Gasteiger partial charge in [-0.25, -0.2) is 8.42 Å². The molecule has 1 fully saturated rings. The zero-order valence-corrected chi connectivity index (χ0v) is 16.1. The molecule has 2 aromatic carbocycles. The molecule has 1 N–H and O–H groups in total. The van der Waals surface area contributed by atoms with Crippen molar-refractivity contribution in [3.8, 4) is 0 Å². The first-order valence-corrected chi connectivity index (χ1v) is 10.7. The van der Waals surface area contributed by atoms with Crippen LogP contribution in [-0.2, 0) is 10.0 Å². The first-order chi connectivity index (χ1) is 12.8. The molecule has 140 valence electrons. The van der Waals surface area contributed by atoms with E-state index in [9.17, 15) is 13.2 Å². The summed E-state index contributed by atoms with van der Waals surface area (Å²) < 4.78 is 24.8. The number of aromatic nitrogens is 1. The number of hydrogen-bond acceptors (Lipinski definition) is 5. The second kappa shape index (κ2) is 6.49. The zero-order chi connectivity index (χ0) is 19.2. The van der Waals surface area contributed by atoms with Crippen molar-refractivity contribution in [1.29, 1.82) is 0 Å². The van der Waals surface area contributed by atoms with Crippen LogP contribution in [0.4, 0.5) is 11.4 Å². The number of fused-ring (bicyclic) bond motifs is 2. The third-order valence-corrected chi connectivity index (χ3v) is 6.22. The molecule has 0 aliphatic heterocycles. The van der Waals surface area contributed by atoms with Gasteiger partial charge in [0.2, 0.25) is 10.0 Å². The Balaban J connectivity index is 1.87. The molecule has 4 rings (SSSR count). The van der Waals surface area contributed by atoms with Gasteiger partial charge in [0.05, 0.1) is 34.7 Å². The third kappa shape index (κ3) is 3.60. The number of pyridine rings is 1. The van der Waals surface area contributed by atoms with E-state index in [-0.39, 0.29) is 5.43 Å². The number of nitrogens with one attached hydrogen (secondary N) is 1. The molecule has 0 saturated heterocycles. The van der Waals surface area contributed by atoms with E-state index in [2.05, 4.69) is 10.3 Å². The van der Waals surface area contributed by atoms with E-state index in [0.29, 0.717) is 27.9 Å². The van der Waals surface area contributed by atoms with Crippen LogP contribution in [-0.4, -0.2) is 33.2 Å². The maximum absolute atomic E-state index is 13.2. The first-order valence-electron chi connectivity index (χ1n) is 8.87. The third-order valence-electron chi connectivity index (χ3n) is 5.02. The van der Waals surface area contributed by atoms with Crippen molar-refractivity contribution in [2.24, 2.45) is 5.92 Å². The van der Waals surface area contributed by atoms with Gasteiger partial charge in [0.1, 0.15) is 0 Å². The van der Waals surface area contributed by atoms with E-state index >= 15 is 0 Å². The Labute approximate surface area is 157 Å². The molecular weight excluding hydrogens is 362 g/mol. The molecule has 3 aromatic rings. The van der Waals surface area contributed by atoms with Gasteiger partial charge in [0.15, 0.2) is 5.43 Å². The van der Waals surface area contributed by atoms with Crippen molar-refractivity contribution < 1.29 is 8.42 Å². The second-order valence-corrected chi connectivity index (χ2v) is 9.16. The molecule has 0 bridgehead atoms. The lowest BCUT2D eigenvalue weighted by Gasteiger charge is -2.16. The SMILES string of the molecule is CN(c1ccc2ccc3ncc(NCC4CC4)cc3c(=O)c2c1)S(C)(=O)=O. The van der Waals surface area contributed by atoms with E-state index < -0.39 is 10.0 Å². The van der Waals surface area contributed by atoms with Crippen molar-refractivity contribution >= 4 is 43.1 Å². The minimum absolute atomic E-state index is 0.156. The summed E-state index contributed by atoms with van der Waals surface area (Å²) in [6, 6.07) is 10.6. The van der Waals surface area contributed by atoms with Crippen molar-refractivity contribution in [2.75, 3.05) is 29.5 Å². The second-order valence-electron chi connectivity index (χ2n) is 7.15. The maximum atomic E-state index is 13.2. The van der Waals surface area contributed by atoms with E-state index in [0.717, 1.165) is 23.9 Å². The molecule has 1 saturated carbocycles. The molecule has 6 nitrogen and oxygen atoms in total. The topological polar surface area (TPSA) is 79.4 Å². The fraction of sp³-hybridized carbons (Fsp3) is 0.300. The number of rotatable bonds is 5. The number of hydrogen-bond donors (Lipinski definition) is 1. The average molecular weight is 383 g/mol. The summed E-state index contributed by atoms with van der Waals surface area (Å²) >= 11 is 0. The van der Waals surface area contributed by atoms with Crippen molar-refractivity contribution in [3.05, 3.63) is 52.8 Å². The highest BCUT2D eigenvalue weighted by Gasteiger charge is 2.20. The van der Waals surface area contributed by atoms with Crippen LogP contribution in [0.15, 0.2) is 47.4 Å². The van der Waals surface area contributed by atoms with Crippen LogP contribution >= 0.6 is 0 Å². The molecule has 1 aliphatic carbocycles. The Morgan fingerprint density at radius 1 is 1.15 bits per heavy atom. The summed E-state index contributed by atoms with van der Waals surface area (Å²) in [5, 5.41) is 5.08. The lowest BCUT2D eigenvalue weighted by Crippen LogP contribution is -2.24. The number of sulfonamides is 1. The summed E-state index contributed by atoms with van der Waals surface area (Å²) in [6.07, 6.45) is 5.38. The predicted octanol–water partition coefficient (Wildman–Crippen LogP) is 2.97. The average Bonchev–Trinajstić information content (AvgIpc) is 3.47. The van der Waals surface area contributed by atoms with Crippen LogP contribution < -0.4 is 15.1 Å². The Morgan fingerprint density at radius 2 is 1.89 bits per heavy atom. The summed E-state index contributed by atoms with van der Waals surface area (Å²) in [5.74, 6) is 0.717. The summed E-state index contributed by atoms with van der Waals surface area (Å²) in [5.41, 5.74) is 1.75. The van der Waals surface area contributed by atoms with Crippen LogP contribution in [0.1, 0.15) is 12.8 Å². The molecule has 1 heterocycles. The van der Waals surface area contributed by atoms with Crippen LogP contribution in [0.25, 0.3) is 21.7 Å². The van der Waals surface area contributed by atoms with Crippen LogP contribution in [0.3, 0.4) is 0 Å². The summed E-state index contributed by atoms with van der Waals surface area (Å²) in [4.78, 5) is 17.6. The molecule has 0 spiro atoms. The monoisotopic (exact) mass is 383 g/mol. The van der Waals surface area contributed by atoms with Gasteiger partial charge in [-0.2, -0.15) is 0 Å². The lowest BCUT2D eigenvalue weighted by molar-refractivity contribution is 0.600. The largest absolute Gasteiger partial charge is 0.384 e. The van der Waals surface area contributed by atoms with E-state index in [1.807, 2.05) is 18.2 Å². The smallest absolute Gasteiger partial charge is 0.231 e. The van der Waals surface area contributed by atoms with E-state index in [4.69, 9.17) is 0 Å². The Hall–Kier alpha value is -2.67. The standard InChI is InChI=1S/C20H21N3O3S/c1-23(27(2,25)26)16-7-5-14-6-8-19-18(20(24)17(14)10-16)9-15(12-22-19)21-11-13-3-4-13/h5-10,12-13,21H,3-4,11H2,1-2H3. The molecule has 1 aromatic heterocycles. The number of nitrogens with zero attached hydrogens (tertiary/aromatic N) is 2. The van der Waals surface area contributed by atoms with E-state index in [1.165, 1.54) is 24.2 Å². The Bertz CT molecular complexity index is 1200. The normalized spacial score (nSPS) is 14.4. The Kier molecular flexibility index (Phi) is 4.26. The fourth-order valence-electron chi connectivity index (χ4n) is 3.06. The van der Waals surface area contributed by atoms with Gasteiger partial charge >= 0.3 is 0 Å². The quantitative estimate of drug-likeness (QED) is 0.733. The molecule has 27 heavy (non-hydrogen) atoms. The highest BCUT2D eigenvalue weighted by molar-refractivity contribution is 7.92. The molecular formula is C20H21N3O3S. The molecule has 0 amide bonds.